The quantitative estimate of drug-likeness (QED) is 0.802. The van der Waals surface area contributed by atoms with Gasteiger partial charge in [0, 0.05) is 24.5 Å². The van der Waals surface area contributed by atoms with Gasteiger partial charge in [-0.15, -0.1) is 0 Å². The van der Waals surface area contributed by atoms with E-state index in [-0.39, 0.29) is 5.54 Å². The maximum atomic E-state index is 5.88. The third-order valence-electron chi connectivity index (χ3n) is 2.39. The van der Waals surface area contributed by atoms with Crippen LogP contribution in [0.15, 0.2) is 4.52 Å². The van der Waals surface area contributed by atoms with E-state index in [0.29, 0.717) is 24.8 Å². The van der Waals surface area contributed by atoms with Crippen molar-refractivity contribution in [1.82, 2.24) is 10.1 Å². The Morgan fingerprint density at radius 1 is 1.53 bits per heavy atom. The number of hydrogen-bond acceptors (Lipinski definition) is 5. The highest BCUT2D eigenvalue weighted by atomic mass is 16.5. The van der Waals surface area contributed by atoms with E-state index < -0.39 is 0 Å². The SMILES string of the molecule is CC(C)(N)Cc1nc(C2CCOC2)no1. The molecule has 2 heterocycles. The molecule has 0 bridgehead atoms. The summed E-state index contributed by atoms with van der Waals surface area (Å²) in [6, 6.07) is 0. The first-order valence-electron chi connectivity index (χ1n) is 5.24. The van der Waals surface area contributed by atoms with Gasteiger partial charge in [0.15, 0.2) is 5.82 Å². The second-order valence-corrected chi connectivity index (χ2v) is 4.77. The van der Waals surface area contributed by atoms with Crippen LogP contribution in [-0.2, 0) is 11.2 Å². The molecule has 5 nitrogen and oxygen atoms in total. The number of nitrogens with zero attached hydrogens (tertiary/aromatic N) is 2. The lowest BCUT2D eigenvalue weighted by atomic mass is 10.0. The Hall–Kier alpha value is -0.940. The average molecular weight is 211 g/mol. The molecule has 0 aliphatic carbocycles. The maximum absolute atomic E-state index is 5.88. The molecule has 1 saturated heterocycles. The Labute approximate surface area is 89.0 Å². The highest BCUT2D eigenvalue weighted by Gasteiger charge is 2.24. The lowest BCUT2D eigenvalue weighted by Gasteiger charge is -2.14. The van der Waals surface area contributed by atoms with E-state index in [9.17, 15) is 0 Å². The van der Waals surface area contributed by atoms with Gasteiger partial charge in [-0.05, 0) is 20.3 Å². The van der Waals surface area contributed by atoms with Gasteiger partial charge < -0.3 is 15.0 Å². The zero-order chi connectivity index (χ0) is 10.9. The summed E-state index contributed by atoms with van der Waals surface area (Å²) in [5.74, 6) is 1.67. The molecule has 0 amide bonds. The lowest BCUT2D eigenvalue weighted by molar-refractivity contribution is 0.192. The van der Waals surface area contributed by atoms with Crippen molar-refractivity contribution in [2.75, 3.05) is 13.2 Å². The van der Waals surface area contributed by atoms with Crippen LogP contribution < -0.4 is 5.73 Å². The minimum absolute atomic E-state index is 0.295. The van der Waals surface area contributed by atoms with Crippen molar-refractivity contribution in [3.05, 3.63) is 11.7 Å². The van der Waals surface area contributed by atoms with E-state index in [1.165, 1.54) is 0 Å². The fraction of sp³-hybridized carbons (Fsp3) is 0.800. The van der Waals surface area contributed by atoms with E-state index in [0.717, 1.165) is 18.9 Å². The summed E-state index contributed by atoms with van der Waals surface area (Å²) >= 11 is 0. The summed E-state index contributed by atoms with van der Waals surface area (Å²) in [5.41, 5.74) is 5.57. The van der Waals surface area contributed by atoms with Gasteiger partial charge in [0.2, 0.25) is 5.89 Å². The maximum Gasteiger partial charge on any atom is 0.228 e. The van der Waals surface area contributed by atoms with Gasteiger partial charge in [-0.3, -0.25) is 0 Å². The van der Waals surface area contributed by atoms with Crippen molar-refractivity contribution in [2.45, 2.75) is 38.1 Å². The predicted octanol–water partition coefficient (Wildman–Crippen LogP) is 0.853. The third-order valence-corrected chi connectivity index (χ3v) is 2.39. The van der Waals surface area contributed by atoms with Gasteiger partial charge >= 0.3 is 0 Å². The first-order chi connectivity index (χ1) is 7.04. The standard InChI is InChI=1S/C10H17N3O2/c1-10(2,11)5-8-12-9(13-15-8)7-3-4-14-6-7/h7H,3-6,11H2,1-2H3. The average Bonchev–Trinajstić information content (AvgIpc) is 2.68. The molecule has 5 heteroatoms. The molecule has 0 spiro atoms. The lowest BCUT2D eigenvalue weighted by Crippen LogP contribution is -2.34. The fourth-order valence-corrected chi connectivity index (χ4v) is 1.63. The van der Waals surface area contributed by atoms with Crippen molar-refractivity contribution in [1.29, 1.82) is 0 Å². The summed E-state index contributed by atoms with van der Waals surface area (Å²) < 4.78 is 10.4. The molecule has 1 aromatic rings. The Morgan fingerprint density at radius 3 is 2.93 bits per heavy atom. The molecule has 84 valence electrons. The molecule has 2 rings (SSSR count). The summed E-state index contributed by atoms with van der Waals surface area (Å²) in [5, 5.41) is 3.96. The van der Waals surface area contributed by atoms with Gasteiger partial charge in [-0.2, -0.15) is 4.98 Å². The molecular weight excluding hydrogens is 194 g/mol. The third kappa shape index (κ3) is 2.76. The van der Waals surface area contributed by atoms with E-state index in [1.807, 2.05) is 13.8 Å². The van der Waals surface area contributed by atoms with E-state index in [2.05, 4.69) is 10.1 Å². The zero-order valence-electron chi connectivity index (χ0n) is 9.19. The molecule has 0 aromatic carbocycles. The minimum Gasteiger partial charge on any atom is -0.381 e. The predicted molar refractivity (Wildman–Crippen MR) is 54.4 cm³/mol. The number of nitrogens with two attached hydrogens (primary N) is 1. The van der Waals surface area contributed by atoms with Gasteiger partial charge in [-0.25, -0.2) is 0 Å². The summed E-state index contributed by atoms with van der Waals surface area (Å²) in [6.07, 6.45) is 1.58. The number of ether oxygens (including phenoxy) is 1. The van der Waals surface area contributed by atoms with E-state index in [4.69, 9.17) is 15.0 Å². The Kier molecular flexibility index (Phi) is 2.75. The molecular formula is C10H17N3O2. The van der Waals surface area contributed by atoms with E-state index in [1.54, 1.807) is 0 Å². The number of aromatic nitrogens is 2. The summed E-state index contributed by atoms with van der Waals surface area (Å²) in [7, 11) is 0. The number of rotatable bonds is 3. The highest BCUT2D eigenvalue weighted by Crippen LogP contribution is 2.22. The van der Waals surface area contributed by atoms with Crippen molar-refractivity contribution in [2.24, 2.45) is 5.73 Å². The van der Waals surface area contributed by atoms with Crippen molar-refractivity contribution < 1.29 is 9.26 Å². The van der Waals surface area contributed by atoms with Crippen LogP contribution in [-0.4, -0.2) is 28.9 Å². The van der Waals surface area contributed by atoms with Gasteiger partial charge in [0.25, 0.3) is 0 Å². The summed E-state index contributed by atoms with van der Waals surface area (Å²) in [6.45, 7) is 5.37. The van der Waals surface area contributed by atoms with Crippen LogP contribution in [0, 0.1) is 0 Å². The molecule has 1 aliphatic rings. The molecule has 15 heavy (non-hydrogen) atoms. The first kappa shape index (κ1) is 10.6. The molecule has 0 saturated carbocycles. The number of hydrogen-bond donors (Lipinski definition) is 1. The smallest absolute Gasteiger partial charge is 0.228 e. The fourth-order valence-electron chi connectivity index (χ4n) is 1.63. The van der Waals surface area contributed by atoms with Crippen LogP contribution in [0.5, 0.6) is 0 Å². The van der Waals surface area contributed by atoms with Crippen LogP contribution in [0.4, 0.5) is 0 Å². The Bertz CT molecular complexity index is 324. The Balaban J connectivity index is 2.03. The monoisotopic (exact) mass is 211 g/mol. The normalized spacial score (nSPS) is 22.2. The topological polar surface area (TPSA) is 74.2 Å². The van der Waals surface area contributed by atoms with Crippen LogP contribution in [0.1, 0.15) is 37.9 Å². The molecule has 1 aliphatic heterocycles. The van der Waals surface area contributed by atoms with Gasteiger partial charge in [0.1, 0.15) is 0 Å². The van der Waals surface area contributed by atoms with Crippen LogP contribution in [0.2, 0.25) is 0 Å². The molecule has 0 radical (unpaired) electrons. The molecule has 2 N–H and O–H groups in total. The van der Waals surface area contributed by atoms with E-state index >= 15 is 0 Å². The summed E-state index contributed by atoms with van der Waals surface area (Å²) in [4.78, 5) is 4.34. The van der Waals surface area contributed by atoms with Crippen LogP contribution in [0.3, 0.4) is 0 Å². The minimum atomic E-state index is -0.310. The van der Waals surface area contributed by atoms with Crippen molar-refractivity contribution in [3.8, 4) is 0 Å². The second kappa shape index (κ2) is 3.90. The highest BCUT2D eigenvalue weighted by molar-refractivity contribution is 4.99. The molecule has 1 unspecified atom stereocenters. The zero-order valence-corrected chi connectivity index (χ0v) is 9.19. The van der Waals surface area contributed by atoms with Gasteiger partial charge in [-0.1, -0.05) is 5.16 Å². The molecule has 1 atom stereocenters. The van der Waals surface area contributed by atoms with Crippen LogP contribution >= 0.6 is 0 Å². The first-order valence-corrected chi connectivity index (χ1v) is 5.24. The molecule has 1 aromatic heterocycles. The van der Waals surface area contributed by atoms with Crippen LogP contribution in [0.25, 0.3) is 0 Å². The van der Waals surface area contributed by atoms with Gasteiger partial charge in [0.05, 0.1) is 6.61 Å². The molecule has 1 fully saturated rings. The van der Waals surface area contributed by atoms with Crippen molar-refractivity contribution >= 4 is 0 Å². The Morgan fingerprint density at radius 2 is 2.33 bits per heavy atom. The van der Waals surface area contributed by atoms with Crippen molar-refractivity contribution in [3.63, 3.8) is 0 Å². The second-order valence-electron chi connectivity index (χ2n) is 4.77. The largest absolute Gasteiger partial charge is 0.381 e.